The molecule has 0 aliphatic carbocycles. The van der Waals surface area contributed by atoms with Gasteiger partial charge in [-0.2, -0.15) is 0 Å². The Kier molecular flexibility index (Phi) is 6.57. The van der Waals surface area contributed by atoms with E-state index in [1.54, 1.807) is 12.1 Å². The number of hydrogen-bond donors (Lipinski definition) is 2. The summed E-state index contributed by atoms with van der Waals surface area (Å²) < 4.78 is 0. The second-order valence-electron chi connectivity index (χ2n) is 6.85. The quantitative estimate of drug-likeness (QED) is 0.795. The average molecular weight is 319 g/mol. The van der Waals surface area contributed by atoms with Gasteiger partial charge in [0.1, 0.15) is 0 Å². The van der Waals surface area contributed by atoms with Crippen molar-refractivity contribution in [1.29, 1.82) is 0 Å². The summed E-state index contributed by atoms with van der Waals surface area (Å²) in [5.74, 6) is 0.337. The van der Waals surface area contributed by atoms with Gasteiger partial charge in [0.05, 0.1) is 6.10 Å². The molecule has 1 fully saturated rings. The minimum Gasteiger partial charge on any atom is -0.392 e. The van der Waals surface area contributed by atoms with Crippen LogP contribution in [0.4, 0.5) is 0 Å². The normalized spacial score (nSPS) is 18.3. The Hall–Kier alpha value is -1.43. The van der Waals surface area contributed by atoms with Crippen LogP contribution in [0.2, 0.25) is 0 Å². The topological polar surface area (TPSA) is 69.8 Å². The number of hydrogen-bond acceptors (Lipinski definition) is 4. The van der Waals surface area contributed by atoms with Gasteiger partial charge in [-0.05, 0) is 63.5 Å². The fourth-order valence-corrected chi connectivity index (χ4v) is 3.32. The molecular formula is C18H29N3O2. The highest BCUT2D eigenvalue weighted by Crippen LogP contribution is 2.19. The minimum absolute atomic E-state index is 0.238. The zero-order valence-electron chi connectivity index (χ0n) is 14.2. The molecule has 0 radical (unpaired) electrons. The van der Waals surface area contributed by atoms with Gasteiger partial charge < -0.3 is 20.6 Å². The average Bonchev–Trinajstić information content (AvgIpc) is 2.49. The molecule has 0 aromatic heterocycles. The molecule has 2 rings (SSSR count). The van der Waals surface area contributed by atoms with Crippen molar-refractivity contribution in [2.45, 2.75) is 32.4 Å². The highest BCUT2D eigenvalue weighted by molar-refractivity contribution is 5.92. The Morgan fingerprint density at radius 1 is 1.35 bits per heavy atom. The van der Waals surface area contributed by atoms with Crippen LogP contribution in [0.15, 0.2) is 24.3 Å². The summed E-state index contributed by atoms with van der Waals surface area (Å²) in [7, 11) is 2.14. The molecule has 128 valence electrons. The van der Waals surface area contributed by atoms with E-state index >= 15 is 0 Å². The maximum atomic E-state index is 11.1. The molecule has 1 amide bonds. The van der Waals surface area contributed by atoms with Crippen LogP contribution in [-0.2, 0) is 6.54 Å². The van der Waals surface area contributed by atoms with E-state index in [9.17, 15) is 9.90 Å². The third kappa shape index (κ3) is 5.94. The number of carbonyl (C=O) groups is 1. The van der Waals surface area contributed by atoms with E-state index in [0.29, 0.717) is 5.56 Å². The first-order chi connectivity index (χ1) is 10.9. The van der Waals surface area contributed by atoms with Crippen LogP contribution < -0.4 is 5.73 Å². The molecule has 5 heteroatoms. The fraction of sp³-hybridized carbons (Fsp3) is 0.611. The van der Waals surface area contributed by atoms with Crippen LogP contribution in [0.1, 0.15) is 35.7 Å². The van der Waals surface area contributed by atoms with Gasteiger partial charge in [0.2, 0.25) is 5.91 Å². The molecule has 0 bridgehead atoms. The number of amides is 1. The molecule has 1 atom stereocenters. The summed E-state index contributed by atoms with van der Waals surface area (Å²) in [6, 6.07) is 7.53. The van der Waals surface area contributed by atoms with E-state index in [1.807, 2.05) is 19.1 Å². The number of benzene rings is 1. The summed E-state index contributed by atoms with van der Waals surface area (Å²) in [5.41, 5.74) is 7.02. The fourth-order valence-electron chi connectivity index (χ4n) is 3.32. The van der Waals surface area contributed by atoms with Crippen molar-refractivity contribution in [3.63, 3.8) is 0 Å². The largest absolute Gasteiger partial charge is 0.392 e. The second kappa shape index (κ2) is 8.43. The van der Waals surface area contributed by atoms with Crippen molar-refractivity contribution in [3.8, 4) is 0 Å². The molecule has 1 aliphatic rings. The number of aliphatic hydroxyl groups excluding tert-OH is 1. The first-order valence-electron chi connectivity index (χ1n) is 8.41. The molecule has 1 saturated heterocycles. The SMILES string of the molecule is CC(O)CN1CCC(CN(C)Cc2ccc(C(N)=O)cc2)CC1. The lowest BCUT2D eigenvalue weighted by Gasteiger charge is -2.34. The summed E-state index contributed by atoms with van der Waals surface area (Å²) in [5, 5.41) is 9.46. The van der Waals surface area contributed by atoms with Crippen molar-refractivity contribution in [3.05, 3.63) is 35.4 Å². The summed E-state index contributed by atoms with van der Waals surface area (Å²) in [6.45, 7) is 6.76. The van der Waals surface area contributed by atoms with Crippen LogP contribution >= 0.6 is 0 Å². The van der Waals surface area contributed by atoms with E-state index in [1.165, 1.54) is 18.4 Å². The lowest BCUT2D eigenvalue weighted by molar-refractivity contribution is 0.0919. The molecule has 1 aromatic rings. The first kappa shape index (κ1) is 17.9. The van der Waals surface area contributed by atoms with E-state index in [-0.39, 0.29) is 12.0 Å². The Balaban J connectivity index is 1.75. The second-order valence-corrected chi connectivity index (χ2v) is 6.85. The summed E-state index contributed by atoms with van der Waals surface area (Å²) in [4.78, 5) is 15.8. The van der Waals surface area contributed by atoms with Gasteiger partial charge in [-0.1, -0.05) is 12.1 Å². The molecule has 23 heavy (non-hydrogen) atoms. The number of primary amides is 1. The zero-order valence-corrected chi connectivity index (χ0v) is 14.2. The van der Waals surface area contributed by atoms with Crippen LogP contribution in [0, 0.1) is 5.92 Å². The molecule has 0 spiro atoms. The number of nitrogens with zero attached hydrogens (tertiary/aromatic N) is 2. The maximum absolute atomic E-state index is 11.1. The number of β-amino-alcohol motifs (C(OH)–C–C–N with tert-alkyl or cyclic N) is 1. The highest BCUT2D eigenvalue weighted by Gasteiger charge is 2.21. The Bertz CT molecular complexity index is 493. The number of likely N-dealkylation sites (tertiary alicyclic amines) is 1. The van der Waals surface area contributed by atoms with Crippen molar-refractivity contribution in [1.82, 2.24) is 9.80 Å². The van der Waals surface area contributed by atoms with Gasteiger partial charge in [0.15, 0.2) is 0 Å². The predicted molar refractivity (Wildman–Crippen MR) is 92.1 cm³/mol. The Morgan fingerprint density at radius 2 is 1.96 bits per heavy atom. The Labute approximate surface area is 139 Å². The third-order valence-electron chi connectivity index (χ3n) is 4.49. The third-order valence-corrected chi connectivity index (χ3v) is 4.49. The zero-order chi connectivity index (χ0) is 16.8. The van der Waals surface area contributed by atoms with Crippen molar-refractivity contribution in [2.75, 3.05) is 33.2 Å². The van der Waals surface area contributed by atoms with Gasteiger partial charge in [0.25, 0.3) is 0 Å². The van der Waals surface area contributed by atoms with Crippen LogP contribution in [-0.4, -0.2) is 60.1 Å². The van der Waals surface area contributed by atoms with Crippen LogP contribution in [0.5, 0.6) is 0 Å². The van der Waals surface area contributed by atoms with Gasteiger partial charge in [-0.25, -0.2) is 0 Å². The van der Waals surface area contributed by atoms with E-state index in [2.05, 4.69) is 16.8 Å². The molecule has 5 nitrogen and oxygen atoms in total. The van der Waals surface area contributed by atoms with Crippen LogP contribution in [0.3, 0.4) is 0 Å². The predicted octanol–water partition coefficient (Wildman–Crippen LogP) is 1.31. The number of aliphatic hydroxyl groups is 1. The molecule has 0 saturated carbocycles. The summed E-state index contributed by atoms with van der Waals surface area (Å²) >= 11 is 0. The molecule has 3 N–H and O–H groups in total. The van der Waals surface area contributed by atoms with Crippen molar-refractivity contribution >= 4 is 5.91 Å². The molecule has 1 unspecified atom stereocenters. The van der Waals surface area contributed by atoms with Gasteiger partial charge in [-0.15, -0.1) is 0 Å². The van der Waals surface area contributed by atoms with Gasteiger partial charge >= 0.3 is 0 Å². The standard InChI is InChI=1S/C18H29N3O2/c1-14(22)11-21-9-7-16(8-10-21)13-20(2)12-15-3-5-17(6-4-15)18(19)23/h3-6,14,16,22H,7-13H2,1-2H3,(H2,19,23). The molecule has 1 aromatic carbocycles. The van der Waals surface area contributed by atoms with Crippen LogP contribution in [0.25, 0.3) is 0 Å². The minimum atomic E-state index is -0.381. The molecular weight excluding hydrogens is 290 g/mol. The number of rotatable bonds is 7. The van der Waals surface area contributed by atoms with Gasteiger partial charge in [0, 0.05) is 25.2 Å². The van der Waals surface area contributed by atoms with Crippen molar-refractivity contribution < 1.29 is 9.90 Å². The Morgan fingerprint density at radius 3 is 2.48 bits per heavy atom. The van der Waals surface area contributed by atoms with Crippen molar-refractivity contribution in [2.24, 2.45) is 11.7 Å². The molecule has 1 heterocycles. The van der Waals surface area contributed by atoms with E-state index in [4.69, 9.17) is 5.73 Å². The lowest BCUT2D eigenvalue weighted by Crippen LogP contribution is -2.40. The van der Waals surface area contributed by atoms with E-state index < -0.39 is 0 Å². The summed E-state index contributed by atoms with van der Waals surface area (Å²) in [6.07, 6.45) is 2.15. The highest BCUT2D eigenvalue weighted by atomic mass is 16.3. The number of piperidine rings is 1. The molecule has 1 aliphatic heterocycles. The smallest absolute Gasteiger partial charge is 0.248 e. The lowest BCUT2D eigenvalue weighted by atomic mass is 9.96. The number of carbonyl (C=O) groups excluding carboxylic acids is 1. The van der Waals surface area contributed by atoms with Gasteiger partial charge in [-0.3, -0.25) is 4.79 Å². The first-order valence-corrected chi connectivity index (χ1v) is 8.41. The maximum Gasteiger partial charge on any atom is 0.248 e. The number of nitrogens with two attached hydrogens (primary N) is 1. The monoisotopic (exact) mass is 319 g/mol. The van der Waals surface area contributed by atoms with E-state index in [0.717, 1.165) is 38.6 Å².